The standard InChI is InChI=1S/C11H6Br2F2N2O2S/c12-7-2-1-3-16-11(7)17-20(18,19)10-8(13)4-6(14)5-9(10)15/h1-5H,(H,16,17). The molecule has 0 saturated heterocycles. The quantitative estimate of drug-likeness (QED) is 0.812. The summed E-state index contributed by atoms with van der Waals surface area (Å²) in [4.78, 5) is 3.13. The molecular weight excluding hydrogens is 422 g/mol. The Morgan fingerprint density at radius 3 is 2.45 bits per heavy atom. The Kier molecular flexibility index (Phi) is 4.40. The van der Waals surface area contributed by atoms with Crippen molar-refractivity contribution in [3.63, 3.8) is 0 Å². The summed E-state index contributed by atoms with van der Waals surface area (Å²) in [5.41, 5.74) is 0. The second-order valence-corrected chi connectivity index (χ2v) is 6.97. The van der Waals surface area contributed by atoms with Gasteiger partial charge in [0.2, 0.25) is 0 Å². The fraction of sp³-hybridized carbons (Fsp3) is 0. The predicted octanol–water partition coefficient (Wildman–Crippen LogP) is 3.69. The van der Waals surface area contributed by atoms with Crippen molar-refractivity contribution in [1.82, 2.24) is 4.98 Å². The van der Waals surface area contributed by atoms with Gasteiger partial charge in [0.1, 0.15) is 16.5 Å². The van der Waals surface area contributed by atoms with Crippen LogP contribution in [-0.2, 0) is 10.0 Å². The zero-order valence-electron chi connectivity index (χ0n) is 9.57. The Labute approximate surface area is 130 Å². The van der Waals surface area contributed by atoms with E-state index in [1.54, 1.807) is 12.1 Å². The molecule has 0 aliphatic heterocycles. The van der Waals surface area contributed by atoms with E-state index in [2.05, 4.69) is 41.6 Å². The SMILES string of the molecule is O=S(=O)(Nc1ncccc1Br)c1c(F)cc(F)cc1Br. The van der Waals surface area contributed by atoms with Gasteiger partial charge in [-0.3, -0.25) is 4.72 Å². The molecule has 2 rings (SSSR count). The molecule has 20 heavy (non-hydrogen) atoms. The van der Waals surface area contributed by atoms with E-state index in [9.17, 15) is 17.2 Å². The first-order chi connectivity index (χ1) is 9.31. The van der Waals surface area contributed by atoms with Crippen LogP contribution in [0.1, 0.15) is 0 Å². The molecule has 0 spiro atoms. The topological polar surface area (TPSA) is 59.1 Å². The van der Waals surface area contributed by atoms with Crippen molar-refractivity contribution < 1.29 is 17.2 Å². The van der Waals surface area contributed by atoms with Crippen molar-refractivity contribution in [2.24, 2.45) is 0 Å². The molecule has 0 amide bonds. The second-order valence-electron chi connectivity index (χ2n) is 3.64. The summed E-state index contributed by atoms with van der Waals surface area (Å²) in [6, 6.07) is 4.52. The largest absolute Gasteiger partial charge is 0.267 e. The third kappa shape index (κ3) is 3.15. The Balaban J connectivity index is 2.50. The number of nitrogens with one attached hydrogen (secondary N) is 1. The second kappa shape index (κ2) is 5.74. The van der Waals surface area contributed by atoms with Crippen LogP contribution >= 0.6 is 31.9 Å². The van der Waals surface area contributed by atoms with Crippen molar-refractivity contribution >= 4 is 47.7 Å². The minimum Gasteiger partial charge on any atom is -0.262 e. The van der Waals surface area contributed by atoms with Crippen LogP contribution in [0.3, 0.4) is 0 Å². The van der Waals surface area contributed by atoms with E-state index in [0.29, 0.717) is 10.5 Å². The highest BCUT2D eigenvalue weighted by molar-refractivity contribution is 9.11. The van der Waals surface area contributed by atoms with Crippen LogP contribution in [0.15, 0.2) is 44.3 Å². The molecule has 0 atom stereocenters. The van der Waals surface area contributed by atoms with Gasteiger partial charge in [0, 0.05) is 16.7 Å². The maximum atomic E-state index is 13.7. The van der Waals surface area contributed by atoms with Gasteiger partial charge in [-0.05, 0) is 50.1 Å². The zero-order valence-corrected chi connectivity index (χ0v) is 13.6. The van der Waals surface area contributed by atoms with Gasteiger partial charge in [0.25, 0.3) is 10.0 Å². The van der Waals surface area contributed by atoms with E-state index in [-0.39, 0.29) is 10.3 Å². The first-order valence-corrected chi connectivity index (χ1v) is 8.16. The Hall–Kier alpha value is -1.06. The summed E-state index contributed by atoms with van der Waals surface area (Å²) in [6.07, 6.45) is 1.37. The van der Waals surface area contributed by atoms with Crippen LogP contribution in [-0.4, -0.2) is 13.4 Å². The molecule has 0 fully saturated rings. The predicted molar refractivity (Wildman–Crippen MR) is 76.8 cm³/mol. The molecule has 0 saturated carbocycles. The summed E-state index contributed by atoms with van der Waals surface area (Å²) >= 11 is 5.95. The molecule has 0 radical (unpaired) electrons. The molecule has 106 valence electrons. The van der Waals surface area contributed by atoms with Crippen molar-refractivity contribution in [2.75, 3.05) is 4.72 Å². The number of sulfonamides is 1. The lowest BCUT2D eigenvalue weighted by Crippen LogP contribution is -2.16. The molecule has 2 aromatic rings. The Morgan fingerprint density at radius 2 is 1.85 bits per heavy atom. The highest BCUT2D eigenvalue weighted by Crippen LogP contribution is 2.29. The van der Waals surface area contributed by atoms with Crippen LogP contribution in [0.25, 0.3) is 0 Å². The number of nitrogens with zero attached hydrogens (tertiary/aromatic N) is 1. The summed E-state index contributed by atoms with van der Waals surface area (Å²) in [6.45, 7) is 0. The Bertz CT molecular complexity index is 746. The van der Waals surface area contributed by atoms with Gasteiger partial charge >= 0.3 is 0 Å². The minimum absolute atomic E-state index is 0.00289. The smallest absolute Gasteiger partial charge is 0.262 e. The lowest BCUT2D eigenvalue weighted by Gasteiger charge is -2.11. The van der Waals surface area contributed by atoms with E-state index in [0.717, 1.165) is 6.07 Å². The van der Waals surface area contributed by atoms with E-state index in [1.165, 1.54) is 6.20 Å². The van der Waals surface area contributed by atoms with Crippen molar-refractivity contribution in [2.45, 2.75) is 4.90 Å². The van der Waals surface area contributed by atoms with E-state index >= 15 is 0 Å². The number of rotatable bonds is 3. The van der Waals surface area contributed by atoms with Crippen molar-refractivity contribution in [3.05, 3.63) is 51.0 Å². The number of hydrogen-bond donors (Lipinski definition) is 1. The lowest BCUT2D eigenvalue weighted by molar-refractivity contribution is 0.548. The van der Waals surface area contributed by atoms with Gasteiger partial charge in [-0.25, -0.2) is 22.2 Å². The molecule has 0 bridgehead atoms. The number of pyridine rings is 1. The van der Waals surface area contributed by atoms with Crippen molar-refractivity contribution in [3.8, 4) is 0 Å². The maximum absolute atomic E-state index is 13.7. The van der Waals surface area contributed by atoms with Crippen molar-refractivity contribution in [1.29, 1.82) is 0 Å². The Morgan fingerprint density at radius 1 is 1.15 bits per heavy atom. The number of benzene rings is 1. The molecule has 0 unspecified atom stereocenters. The molecule has 0 aliphatic carbocycles. The molecule has 9 heteroatoms. The molecule has 1 aromatic heterocycles. The third-order valence-electron chi connectivity index (χ3n) is 2.22. The van der Waals surface area contributed by atoms with Gasteiger partial charge in [-0.1, -0.05) is 0 Å². The summed E-state index contributed by atoms with van der Waals surface area (Å²) in [5.74, 6) is -2.08. The number of aromatic nitrogens is 1. The van der Waals surface area contributed by atoms with Gasteiger partial charge in [-0.2, -0.15) is 0 Å². The molecular formula is C11H6Br2F2N2O2S. The molecule has 0 aliphatic rings. The van der Waals surface area contributed by atoms with E-state index < -0.39 is 26.6 Å². The molecule has 1 N–H and O–H groups in total. The number of halogens is 4. The molecule has 1 heterocycles. The molecule has 1 aromatic carbocycles. The van der Waals surface area contributed by atoms with E-state index in [4.69, 9.17) is 0 Å². The van der Waals surface area contributed by atoms with Gasteiger partial charge in [0.05, 0.1) is 4.47 Å². The van der Waals surface area contributed by atoms with Crippen LogP contribution in [0.4, 0.5) is 14.6 Å². The first kappa shape index (κ1) is 15.3. The fourth-order valence-corrected chi connectivity index (χ4v) is 4.11. The average Bonchev–Trinajstić information content (AvgIpc) is 2.30. The van der Waals surface area contributed by atoms with Crippen LogP contribution in [0.2, 0.25) is 0 Å². The normalized spacial score (nSPS) is 11.4. The summed E-state index contributed by atoms with van der Waals surface area (Å²) < 4.78 is 53.3. The zero-order chi connectivity index (χ0) is 14.9. The molecule has 4 nitrogen and oxygen atoms in total. The highest BCUT2D eigenvalue weighted by atomic mass is 79.9. The monoisotopic (exact) mass is 426 g/mol. The fourth-order valence-electron chi connectivity index (χ4n) is 1.42. The van der Waals surface area contributed by atoms with E-state index in [1.807, 2.05) is 0 Å². The third-order valence-corrected chi connectivity index (χ3v) is 5.16. The van der Waals surface area contributed by atoms with Gasteiger partial charge in [0.15, 0.2) is 5.82 Å². The highest BCUT2D eigenvalue weighted by Gasteiger charge is 2.24. The van der Waals surface area contributed by atoms with Gasteiger partial charge in [-0.15, -0.1) is 0 Å². The van der Waals surface area contributed by atoms with Crippen LogP contribution in [0.5, 0.6) is 0 Å². The van der Waals surface area contributed by atoms with Crippen LogP contribution in [0, 0.1) is 11.6 Å². The number of anilines is 1. The summed E-state index contributed by atoms with van der Waals surface area (Å²) in [5, 5.41) is 0. The van der Waals surface area contributed by atoms with Crippen LogP contribution < -0.4 is 4.72 Å². The maximum Gasteiger partial charge on any atom is 0.267 e. The summed E-state index contributed by atoms with van der Waals surface area (Å²) in [7, 11) is -4.24. The first-order valence-electron chi connectivity index (χ1n) is 5.09. The van der Waals surface area contributed by atoms with Gasteiger partial charge < -0.3 is 0 Å². The minimum atomic E-state index is -4.24. The average molecular weight is 428 g/mol. The lowest BCUT2D eigenvalue weighted by atomic mass is 10.3. The number of hydrogen-bond acceptors (Lipinski definition) is 3.